The smallest absolute Gasteiger partial charge is 0.0728 e. The first kappa shape index (κ1) is 8.32. The van der Waals surface area contributed by atoms with Gasteiger partial charge in [0.15, 0.2) is 0 Å². The fourth-order valence-electron chi connectivity index (χ4n) is 1.17. The molecular weight excluding hydrogens is 186 g/mol. The van der Waals surface area contributed by atoms with Crippen LogP contribution in [0.4, 0.5) is 0 Å². The summed E-state index contributed by atoms with van der Waals surface area (Å²) >= 11 is 3.74. The Morgan fingerprint density at radius 2 is 2.50 bits per heavy atom. The second-order valence-electron chi connectivity index (χ2n) is 2.73. The molecule has 2 heterocycles. The van der Waals surface area contributed by atoms with E-state index in [1.54, 1.807) is 0 Å². The molecule has 0 aromatic carbocycles. The average Bonchev–Trinajstić information content (AvgIpc) is 2.59. The zero-order chi connectivity index (χ0) is 8.23. The van der Waals surface area contributed by atoms with Gasteiger partial charge in [-0.05, 0) is 17.9 Å². The van der Waals surface area contributed by atoms with Gasteiger partial charge in [0.25, 0.3) is 0 Å². The Labute approximate surface area is 80.9 Å². The van der Waals surface area contributed by atoms with E-state index in [-0.39, 0.29) is 0 Å². The summed E-state index contributed by atoms with van der Waals surface area (Å²) in [7, 11) is 0. The van der Waals surface area contributed by atoms with Crippen molar-refractivity contribution in [1.29, 1.82) is 0 Å². The number of thiophene rings is 1. The minimum atomic E-state index is 1.04. The number of hydrogen-bond donors (Lipinski definition) is 0. The van der Waals surface area contributed by atoms with Gasteiger partial charge in [0.2, 0.25) is 0 Å². The van der Waals surface area contributed by atoms with E-state index in [1.807, 2.05) is 23.1 Å². The molecule has 2 rings (SSSR count). The van der Waals surface area contributed by atoms with Crippen molar-refractivity contribution in [3.05, 3.63) is 22.4 Å². The Kier molecular flexibility index (Phi) is 2.84. The maximum Gasteiger partial charge on any atom is 0.0728 e. The highest BCUT2D eigenvalue weighted by molar-refractivity contribution is 8.14. The maximum atomic E-state index is 4.49. The highest BCUT2D eigenvalue weighted by Gasteiger charge is 2.06. The van der Waals surface area contributed by atoms with Gasteiger partial charge in [0, 0.05) is 23.6 Å². The van der Waals surface area contributed by atoms with Gasteiger partial charge in [-0.1, -0.05) is 6.07 Å². The fourth-order valence-corrected chi connectivity index (χ4v) is 2.92. The number of nitrogens with zero attached hydrogens (tertiary/aromatic N) is 1. The molecule has 3 heteroatoms. The van der Waals surface area contributed by atoms with E-state index in [0.717, 1.165) is 13.0 Å². The second-order valence-corrected chi connectivity index (χ2v) is 4.93. The minimum Gasteiger partial charge on any atom is -0.283 e. The first-order valence-corrected chi connectivity index (χ1v) is 6.00. The molecule has 1 aliphatic heterocycles. The van der Waals surface area contributed by atoms with Crippen LogP contribution in [-0.2, 0) is 6.42 Å². The standard InChI is InChI=1S/C9H11NS2/c1-3-8(11-5-1)7-9-10-4-2-6-12-9/h1,3,5H,2,4,6-7H2. The topological polar surface area (TPSA) is 12.4 Å². The van der Waals surface area contributed by atoms with Crippen LogP contribution in [0.2, 0.25) is 0 Å². The van der Waals surface area contributed by atoms with Gasteiger partial charge >= 0.3 is 0 Å². The summed E-state index contributed by atoms with van der Waals surface area (Å²) in [6.07, 6.45) is 2.31. The molecule has 1 nitrogen and oxygen atoms in total. The number of thioether (sulfide) groups is 1. The molecule has 0 amide bonds. The van der Waals surface area contributed by atoms with Crippen LogP contribution >= 0.6 is 23.1 Å². The highest BCUT2D eigenvalue weighted by atomic mass is 32.2. The average molecular weight is 197 g/mol. The van der Waals surface area contributed by atoms with Crippen molar-refractivity contribution < 1.29 is 0 Å². The van der Waals surface area contributed by atoms with Crippen LogP contribution in [0.15, 0.2) is 22.5 Å². The molecule has 0 unspecified atom stereocenters. The van der Waals surface area contributed by atoms with Crippen LogP contribution in [0.3, 0.4) is 0 Å². The van der Waals surface area contributed by atoms with Crippen molar-refractivity contribution >= 4 is 28.1 Å². The summed E-state index contributed by atoms with van der Waals surface area (Å²) in [5, 5.41) is 3.45. The van der Waals surface area contributed by atoms with Crippen LogP contribution in [0.1, 0.15) is 11.3 Å². The lowest BCUT2D eigenvalue weighted by atomic mass is 10.3. The van der Waals surface area contributed by atoms with E-state index in [0.29, 0.717) is 0 Å². The van der Waals surface area contributed by atoms with Crippen molar-refractivity contribution in [3.8, 4) is 0 Å². The van der Waals surface area contributed by atoms with Gasteiger partial charge < -0.3 is 0 Å². The molecule has 1 aromatic rings. The quantitative estimate of drug-likeness (QED) is 0.710. The van der Waals surface area contributed by atoms with Crippen molar-refractivity contribution in [3.63, 3.8) is 0 Å². The predicted octanol–water partition coefficient (Wildman–Crippen LogP) is 2.83. The Morgan fingerprint density at radius 1 is 1.50 bits per heavy atom. The molecule has 0 saturated heterocycles. The third kappa shape index (κ3) is 2.11. The summed E-state index contributed by atoms with van der Waals surface area (Å²) < 4.78 is 0. The number of aliphatic imine (C=N–C) groups is 1. The minimum absolute atomic E-state index is 1.04. The Hall–Kier alpha value is -0.280. The molecule has 12 heavy (non-hydrogen) atoms. The van der Waals surface area contributed by atoms with E-state index in [2.05, 4.69) is 22.5 Å². The van der Waals surface area contributed by atoms with Crippen LogP contribution in [0.25, 0.3) is 0 Å². The van der Waals surface area contributed by atoms with E-state index in [1.165, 1.54) is 22.1 Å². The lowest BCUT2D eigenvalue weighted by Crippen LogP contribution is -2.05. The normalized spacial score (nSPS) is 17.5. The van der Waals surface area contributed by atoms with Crippen molar-refractivity contribution in [2.24, 2.45) is 4.99 Å². The van der Waals surface area contributed by atoms with E-state index in [4.69, 9.17) is 0 Å². The van der Waals surface area contributed by atoms with E-state index in [9.17, 15) is 0 Å². The molecule has 0 saturated carbocycles. The van der Waals surface area contributed by atoms with Crippen LogP contribution in [-0.4, -0.2) is 17.3 Å². The molecule has 1 aliphatic rings. The van der Waals surface area contributed by atoms with Gasteiger partial charge in [-0.3, -0.25) is 4.99 Å². The van der Waals surface area contributed by atoms with Gasteiger partial charge in [-0.2, -0.15) is 0 Å². The summed E-state index contributed by atoms with van der Waals surface area (Å²) in [4.78, 5) is 5.92. The van der Waals surface area contributed by atoms with E-state index >= 15 is 0 Å². The monoisotopic (exact) mass is 197 g/mol. The summed E-state index contributed by atoms with van der Waals surface area (Å²) in [5.74, 6) is 1.25. The Balaban J connectivity index is 1.98. The Bertz CT molecular complexity index is 264. The van der Waals surface area contributed by atoms with Gasteiger partial charge in [-0.25, -0.2) is 0 Å². The molecule has 0 N–H and O–H groups in total. The molecule has 64 valence electrons. The lowest BCUT2D eigenvalue weighted by Gasteiger charge is -2.09. The van der Waals surface area contributed by atoms with E-state index < -0.39 is 0 Å². The van der Waals surface area contributed by atoms with Gasteiger partial charge in [-0.15, -0.1) is 23.1 Å². The van der Waals surface area contributed by atoms with Crippen molar-refractivity contribution in [2.75, 3.05) is 12.3 Å². The number of hydrogen-bond acceptors (Lipinski definition) is 3. The fraction of sp³-hybridized carbons (Fsp3) is 0.444. The van der Waals surface area contributed by atoms with Gasteiger partial charge in [0.05, 0.1) is 5.04 Å². The summed E-state index contributed by atoms with van der Waals surface area (Å²) in [6, 6.07) is 4.29. The first-order chi connectivity index (χ1) is 5.95. The maximum absolute atomic E-state index is 4.49. The molecular formula is C9H11NS2. The largest absolute Gasteiger partial charge is 0.283 e. The van der Waals surface area contributed by atoms with Gasteiger partial charge in [0.1, 0.15) is 0 Å². The molecule has 1 aromatic heterocycles. The van der Waals surface area contributed by atoms with Crippen molar-refractivity contribution in [1.82, 2.24) is 0 Å². The first-order valence-electron chi connectivity index (χ1n) is 4.13. The van der Waals surface area contributed by atoms with Crippen LogP contribution < -0.4 is 0 Å². The Morgan fingerprint density at radius 3 is 3.17 bits per heavy atom. The molecule has 0 atom stereocenters. The zero-order valence-electron chi connectivity index (χ0n) is 6.82. The predicted molar refractivity (Wildman–Crippen MR) is 57.4 cm³/mol. The molecule has 0 aliphatic carbocycles. The van der Waals surface area contributed by atoms with Crippen molar-refractivity contribution in [2.45, 2.75) is 12.8 Å². The number of rotatable bonds is 2. The molecule has 0 fully saturated rings. The summed E-state index contributed by atoms with van der Waals surface area (Å²) in [6.45, 7) is 1.04. The third-order valence-corrected chi connectivity index (χ3v) is 3.74. The van der Waals surface area contributed by atoms with Crippen LogP contribution in [0.5, 0.6) is 0 Å². The molecule has 0 bridgehead atoms. The second kappa shape index (κ2) is 4.10. The molecule has 0 radical (unpaired) electrons. The lowest BCUT2D eigenvalue weighted by molar-refractivity contribution is 0.934. The third-order valence-electron chi connectivity index (χ3n) is 1.76. The van der Waals surface area contributed by atoms with Crippen LogP contribution in [0, 0.1) is 0 Å². The highest BCUT2D eigenvalue weighted by Crippen LogP contribution is 2.18. The SMILES string of the molecule is c1csc(CC2=NCCCS2)c1. The molecule has 0 spiro atoms. The zero-order valence-corrected chi connectivity index (χ0v) is 8.46. The summed E-state index contributed by atoms with van der Waals surface area (Å²) in [5.41, 5.74) is 0.